The van der Waals surface area contributed by atoms with E-state index in [-0.39, 0.29) is 0 Å². The molecule has 0 unspecified atom stereocenters. The van der Waals surface area contributed by atoms with Crippen molar-refractivity contribution in [2.75, 3.05) is 0 Å². The zero-order valence-corrected chi connectivity index (χ0v) is 11.5. The van der Waals surface area contributed by atoms with E-state index in [1.807, 2.05) is 24.4 Å². The molecule has 2 aromatic heterocycles. The van der Waals surface area contributed by atoms with E-state index in [9.17, 15) is 4.79 Å². The molecule has 4 nitrogen and oxygen atoms in total. The number of carbonyl (C=O) groups is 1. The van der Waals surface area contributed by atoms with Crippen LogP contribution in [0.1, 0.15) is 25.4 Å². The van der Waals surface area contributed by atoms with Crippen molar-refractivity contribution in [3.05, 3.63) is 29.0 Å². The average Bonchev–Trinajstić information content (AvgIpc) is 2.86. The van der Waals surface area contributed by atoms with Crippen LogP contribution in [0.15, 0.2) is 17.5 Å². The first-order chi connectivity index (χ1) is 8.40. The summed E-state index contributed by atoms with van der Waals surface area (Å²) in [5.74, 6) is -0.0856. The lowest BCUT2D eigenvalue weighted by Gasteiger charge is -2.16. The van der Waals surface area contributed by atoms with Crippen molar-refractivity contribution in [3.8, 4) is 10.6 Å². The predicted octanol–water partition coefficient (Wildman–Crippen LogP) is 3.10. The third-order valence-electron chi connectivity index (χ3n) is 2.88. The number of aliphatic carboxylic acids is 1. The maximum Gasteiger partial charge on any atom is 0.309 e. The molecule has 0 saturated carbocycles. The van der Waals surface area contributed by atoms with Gasteiger partial charge < -0.3 is 10.1 Å². The molecule has 2 N–H and O–H groups in total. The summed E-state index contributed by atoms with van der Waals surface area (Å²) in [5, 5.41) is 11.1. The highest BCUT2D eigenvalue weighted by Crippen LogP contribution is 2.28. The number of carboxylic acids is 1. The number of hydrogen-bond acceptors (Lipinski definition) is 3. The molecule has 2 aromatic rings. The third kappa shape index (κ3) is 2.46. The molecule has 0 radical (unpaired) electrons. The summed E-state index contributed by atoms with van der Waals surface area (Å²) in [6.45, 7) is 5.37. The summed E-state index contributed by atoms with van der Waals surface area (Å²) in [7, 11) is 0. The highest BCUT2D eigenvalue weighted by Gasteiger charge is 2.29. The van der Waals surface area contributed by atoms with Crippen molar-refractivity contribution in [2.45, 2.75) is 27.2 Å². The second kappa shape index (κ2) is 4.57. The summed E-state index contributed by atoms with van der Waals surface area (Å²) in [6, 6.07) is 3.99. The molecule has 0 bridgehead atoms. The first-order valence-electron chi connectivity index (χ1n) is 5.73. The fraction of sp³-hybridized carbons (Fsp3) is 0.385. The minimum Gasteiger partial charge on any atom is -0.481 e. The third-order valence-corrected chi connectivity index (χ3v) is 3.75. The van der Waals surface area contributed by atoms with Crippen LogP contribution in [-0.4, -0.2) is 21.0 Å². The number of hydrogen-bond donors (Lipinski definition) is 2. The van der Waals surface area contributed by atoms with Crippen molar-refractivity contribution in [3.63, 3.8) is 0 Å². The Morgan fingerprint density at radius 3 is 2.83 bits per heavy atom. The molecule has 0 atom stereocenters. The van der Waals surface area contributed by atoms with E-state index in [1.54, 1.807) is 25.2 Å². The SMILES string of the molecule is Cc1[nH]c(CC(C)(C)C(=O)O)nc1-c1cccs1. The van der Waals surface area contributed by atoms with Gasteiger partial charge in [-0.1, -0.05) is 6.07 Å². The van der Waals surface area contributed by atoms with E-state index < -0.39 is 11.4 Å². The van der Waals surface area contributed by atoms with Gasteiger partial charge in [-0.15, -0.1) is 11.3 Å². The molecule has 2 heterocycles. The van der Waals surface area contributed by atoms with Gasteiger partial charge in [-0.3, -0.25) is 4.79 Å². The Morgan fingerprint density at radius 1 is 1.56 bits per heavy atom. The zero-order chi connectivity index (χ0) is 13.3. The van der Waals surface area contributed by atoms with Crippen molar-refractivity contribution >= 4 is 17.3 Å². The van der Waals surface area contributed by atoms with Gasteiger partial charge in [0, 0.05) is 12.1 Å². The molecule has 0 aromatic carbocycles. The molecule has 0 aliphatic carbocycles. The normalized spacial score (nSPS) is 11.7. The van der Waals surface area contributed by atoms with Crippen molar-refractivity contribution in [2.24, 2.45) is 5.41 Å². The van der Waals surface area contributed by atoms with Crippen LogP contribution in [0, 0.1) is 12.3 Å². The van der Waals surface area contributed by atoms with Crippen molar-refractivity contribution in [1.82, 2.24) is 9.97 Å². The van der Waals surface area contributed by atoms with E-state index in [2.05, 4.69) is 9.97 Å². The van der Waals surface area contributed by atoms with E-state index in [4.69, 9.17) is 5.11 Å². The number of nitrogens with one attached hydrogen (secondary N) is 1. The Morgan fingerprint density at radius 2 is 2.28 bits per heavy atom. The molecule has 18 heavy (non-hydrogen) atoms. The van der Waals surface area contributed by atoms with E-state index in [0.717, 1.165) is 22.1 Å². The number of rotatable bonds is 4. The van der Waals surface area contributed by atoms with Crippen LogP contribution in [-0.2, 0) is 11.2 Å². The monoisotopic (exact) mass is 264 g/mol. The van der Waals surface area contributed by atoms with Crippen LogP contribution < -0.4 is 0 Å². The lowest BCUT2D eigenvalue weighted by atomic mass is 9.89. The smallest absolute Gasteiger partial charge is 0.309 e. The molecule has 0 fully saturated rings. The molecular weight excluding hydrogens is 248 g/mol. The number of aromatic amines is 1. The van der Waals surface area contributed by atoms with Crippen LogP contribution in [0.4, 0.5) is 0 Å². The van der Waals surface area contributed by atoms with Gasteiger partial charge in [0.1, 0.15) is 11.5 Å². The number of H-pyrrole nitrogens is 1. The van der Waals surface area contributed by atoms with Gasteiger partial charge >= 0.3 is 5.97 Å². The van der Waals surface area contributed by atoms with Gasteiger partial charge in [-0.05, 0) is 32.2 Å². The van der Waals surface area contributed by atoms with Crippen molar-refractivity contribution in [1.29, 1.82) is 0 Å². The summed E-state index contributed by atoms with van der Waals surface area (Å²) < 4.78 is 0. The van der Waals surface area contributed by atoms with Crippen LogP contribution in [0.2, 0.25) is 0 Å². The molecule has 0 aliphatic heterocycles. The number of thiophene rings is 1. The molecule has 5 heteroatoms. The van der Waals surface area contributed by atoms with Crippen LogP contribution in [0.3, 0.4) is 0 Å². The van der Waals surface area contributed by atoms with E-state index in [0.29, 0.717) is 6.42 Å². The minimum absolute atomic E-state index is 0.397. The predicted molar refractivity (Wildman–Crippen MR) is 71.8 cm³/mol. The summed E-state index contributed by atoms with van der Waals surface area (Å²) >= 11 is 1.63. The molecule has 0 spiro atoms. The maximum absolute atomic E-state index is 11.1. The number of aryl methyl sites for hydroxylation is 1. The first-order valence-corrected chi connectivity index (χ1v) is 6.61. The number of nitrogens with zero attached hydrogens (tertiary/aromatic N) is 1. The fourth-order valence-corrected chi connectivity index (χ4v) is 2.52. The van der Waals surface area contributed by atoms with Gasteiger partial charge in [0.2, 0.25) is 0 Å². The number of imidazole rings is 1. The second-order valence-electron chi connectivity index (χ2n) is 5.00. The average molecular weight is 264 g/mol. The van der Waals surface area contributed by atoms with Gasteiger partial charge in [0.05, 0.1) is 10.3 Å². The standard InChI is InChI=1S/C13H16N2O2S/c1-8-11(9-5-4-6-18-9)15-10(14-8)7-13(2,3)12(16)17/h4-6H,7H2,1-3H3,(H,14,15)(H,16,17). The minimum atomic E-state index is -0.811. The van der Waals surface area contributed by atoms with Crippen LogP contribution in [0.5, 0.6) is 0 Å². The molecular formula is C13H16N2O2S. The molecule has 0 aliphatic rings. The van der Waals surface area contributed by atoms with Crippen LogP contribution in [0.25, 0.3) is 10.6 Å². The summed E-state index contributed by atoms with van der Waals surface area (Å²) in [6.07, 6.45) is 0.397. The van der Waals surface area contributed by atoms with Gasteiger partial charge in [-0.2, -0.15) is 0 Å². The van der Waals surface area contributed by atoms with Crippen LogP contribution >= 0.6 is 11.3 Å². The number of aromatic nitrogens is 2. The second-order valence-corrected chi connectivity index (χ2v) is 5.95. The summed E-state index contributed by atoms with van der Waals surface area (Å²) in [5.41, 5.74) is 1.09. The zero-order valence-electron chi connectivity index (χ0n) is 10.7. The fourth-order valence-electron chi connectivity index (χ4n) is 1.75. The largest absolute Gasteiger partial charge is 0.481 e. The Kier molecular flexibility index (Phi) is 3.26. The van der Waals surface area contributed by atoms with Gasteiger partial charge in [0.25, 0.3) is 0 Å². The van der Waals surface area contributed by atoms with E-state index >= 15 is 0 Å². The molecule has 96 valence electrons. The lowest BCUT2D eigenvalue weighted by Crippen LogP contribution is -2.26. The van der Waals surface area contributed by atoms with Gasteiger partial charge in [-0.25, -0.2) is 4.98 Å². The first kappa shape index (κ1) is 12.8. The van der Waals surface area contributed by atoms with Gasteiger partial charge in [0.15, 0.2) is 0 Å². The Labute approximate surface area is 110 Å². The lowest BCUT2D eigenvalue weighted by molar-refractivity contribution is -0.146. The quantitative estimate of drug-likeness (QED) is 0.891. The highest BCUT2D eigenvalue weighted by atomic mass is 32.1. The topological polar surface area (TPSA) is 66.0 Å². The van der Waals surface area contributed by atoms with Crippen molar-refractivity contribution < 1.29 is 9.90 Å². The Hall–Kier alpha value is -1.62. The number of carboxylic acid groups (broad SMARTS) is 1. The maximum atomic E-state index is 11.1. The molecule has 0 saturated heterocycles. The van der Waals surface area contributed by atoms with E-state index in [1.165, 1.54) is 0 Å². The Bertz CT molecular complexity index is 556. The Balaban J connectivity index is 2.28. The molecule has 2 rings (SSSR count). The molecule has 0 amide bonds. The highest BCUT2D eigenvalue weighted by molar-refractivity contribution is 7.13. The summed E-state index contributed by atoms with van der Waals surface area (Å²) in [4.78, 5) is 19.9.